The second-order valence-electron chi connectivity index (χ2n) is 5.08. The first-order valence-electron chi connectivity index (χ1n) is 6.39. The molecule has 1 saturated carbocycles. The van der Waals surface area contributed by atoms with Crippen LogP contribution in [0.1, 0.15) is 64.7 Å². The third-order valence-electron chi connectivity index (χ3n) is 3.87. The molecule has 1 aliphatic heterocycles. The minimum absolute atomic E-state index is 0.692. The molecule has 1 heterocycles. The zero-order chi connectivity index (χ0) is 9.80. The van der Waals surface area contributed by atoms with Gasteiger partial charge in [0.15, 0.2) is 0 Å². The smallest absolute Gasteiger partial charge is 0.0527 e. The third kappa shape index (κ3) is 2.59. The molecule has 0 aromatic rings. The molecule has 1 aliphatic carbocycles. The average molecular weight is 193 g/mol. The number of hydrogen-bond acceptors (Lipinski definition) is 1. The van der Waals surface area contributed by atoms with Crippen LogP contribution < -0.4 is 0 Å². The minimum atomic E-state index is 0.692. The van der Waals surface area contributed by atoms with E-state index in [0.717, 1.165) is 5.92 Å². The Kier molecular flexibility index (Phi) is 3.61. The second kappa shape index (κ2) is 4.95. The molecule has 1 unspecified atom stereocenters. The van der Waals surface area contributed by atoms with Gasteiger partial charge in [0, 0.05) is 5.71 Å². The quantitative estimate of drug-likeness (QED) is 0.597. The van der Waals surface area contributed by atoms with Gasteiger partial charge in [-0.1, -0.05) is 25.7 Å². The molecule has 2 aliphatic rings. The summed E-state index contributed by atoms with van der Waals surface area (Å²) in [5, 5.41) is 0. The van der Waals surface area contributed by atoms with E-state index in [0.29, 0.717) is 6.04 Å². The van der Waals surface area contributed by atoms with Crippen LogP contribution >= 0.6 is 0 Å². The molecule has 0 spiro atoms. The van der Waals surface area contributed by atoms with E-state index < -0.39 is 0 Å². The molecule has 0 aromatic heterocycles. The number of hydrogen-bond donors (Lipinski definition) is 0. The van der Waals surface area contributed by atoms with Gasteiger partial charge in [-0.05, 0) is 44.9 Å². The molecular formula is C13H23N. The van der Waals surface area contributed by atoms with Crippen LogP contribution in [0.3, 0.4) is 0 Å². The van der Waals surface area contributed by atoms with Crippen LogP contribution in [0.5, 0.6) is 0 Å². The molecule has 0 radical (unpaired) electrons. The molecule has 0 N–H and O–H groups in total. The maximum Gasteiger partial charge on any atom is 0.0527 e. The lowest BCUT2D eigenvalue weighted by molar-refractivity contribution is 0.295. The Hall–Kier alpha value is -0.330. The van der Waals surface area contributed by atoms with Crippen LogP contribution in [0.25, 0.3) is 0 Å². The Balaban J connectivity index is 1.96. The first-order valence-corrected chi connectivity index (χ1v) is 6.39. The van der Waals surface area contributed by atoms with E-state index in [1.165, 1.54) is 63.5 Å². The summed E-state index contributed by atoms with van der Waals surface area (Å²) in [5.74, 6) is 0.928. The van der Waals surface area contributed by atoms with E-state index in [-0.39, 0.29) is 0 Å². The summed E-state index contributed by atoms with van der Waals surface area (Å²) in [6.07, 6.45) is 12.7. The lowest BCUT2D eigenvalue weighted by Gasteiger charge is -2.27. The van der Waals surface area contributed by atoms with E-state index in [2.05, 4.69) is 6.92 Å². The van der Waals surface area contributed by atoms with Crippen molar-refractivity contribution in [2.45, 2.75) is 70.8 Å². The van der Waals surface area contributed by atoms with Gasteiger partial charge in [-0.15, -0.1) is 0 Å². The molecule has 80 valence electrons. The predicted octanol–water partition coefficient (Wildman–Crippen LogP) is 3.97. The zero-order valence-corrected chi connectivity index (χ0v) is 9.47. The fourth-order valence-electron chi connectivity index (χ4n) is 3.01. The highest BCUT2D eigenvalue weighted by atomic mass is 14.8. The number of aliphatic imine (C=N–C) groups is 1. The Morgan fingerprint density at radius 1 is 0.929 bits per heavy atom. The summed E-state index contributed by atoms with van der Waals surface area (Å²) < 4.78 is 0. The van der Waals surface area contributed by atoms with Crippen LogP contribution in [-0.4, -0.2) is 11.8 Å². The van der Waals surface area contributed by atoms with Crippen molar-refractivity contribution < 1.29 is 0 Å². The van der Waals surface area contributed by atoms with Gasteiger partial charge in [-0.2, -0.15) is 0 Å². The monoisotopic (exact) mass is 193 g/mol. The van der Waals surface area contributed by atoms with Crippen molar-refractivity contribution in [3.05, 3.63) is 0 Å². The van der Waals surface area contributed by atoms with Crippen molar-refractivity contribution in [2.24, 2.45) is 10.9 Å². The van der Waals surface area contributed by atoms with Crippen molar-refractivity contribution in [2.75, 3.05) is 0 Å². The summed E-state index contributed by atoms with van der Waals surface area (Å²) in [6, 6.07) is 0.692. The van der Waals surface area contributed by atoms with E-state index in [4.69, 9.17) is 4.99 Å². The van der Waals surface area contributed by atoms with Gasteiger partial charge in [0.05, 0.1) is 6.04 Å². The highest BCUT2D eigenvalue weighted by molar-refractivity contribution is 5.82. The molecule has 0 aromatic carbocycles. The van der Waals surface area contributed by atoms with Gasteiger partial charge in [0.2, 0.25) is 0 Å². The lowest BCUT2D eigenvalue weighted by atomic mass is 9.82. The molecule has 0 bridgehead atoms. The van der Waals surface area contributed by atoms with Crippen LogP contribution in [0, 0.1) is 5.92 Å². The van der Waals surface area contributed by atoms with Gasteiger partial charge in [0.25, 0.3) is 0 Å². The number of rotatable bonds is 1. The van der Waals surface area contributed by atoms with Crippen molar-refractivity contribution in [3.63, 3.8) is 0 Å². The van der Waals surface area contributed by atoms with Crippen LogP contribution in [0.2, 0.25) is 0 Å². The third-order valence-corrected chi connectivity index (χ3v) is 3.87. The van der Waals surface area contributed by atoms with Crippen molar-refractivity contribution in [1.29, 1.82) is 0 Å². The highest BCUT2D eigenvalue weighted by Crippen LogP contribution is 2.31. The Labute approximate surface area is 88.0 Å². The lowest BCUT2D eigenvalue weighted by Crippen LogP contribution is -2.21. The molecule has 2 rings (SSSR count). The summed E-state index contributed by atoms with van der Waals surface area (Å²) in [4.78, 5) is 4.92. The van der Waals surface area contributed by atoms with E-state index >= 15 is 0 Å². The Morgan fingerprint density at radius 3 is 2.43 bits per heavy atom. The van der Waals surface area contributed by atoms with E-state index in [1.54, 1.807) is 0 Å². The Morgan fingerprint density at radius 2 is 1.64 bits per heavy atom. The molecule has 1 nitrogen and oxygen atoms in total. The van der Waals surface area contributed by atoms with E-state index in [9.17, 15) is 0 Å². The molecule has 1 atom stereocenters. The molecular weight excluding hydrogens is 170 g/mol. The normalized spacial score (nSPS) is 30.9. The summed E-state index contributed by atoms with van der Waals surface area (Å²) >= 11 is 0. The second-order valence-corrected chi connectivity index (χ2v) is 5.08. The van der Waals surface area contributed by atoms with Crippen LogP contribution in [0.15, 0.2) is 4.99 Å². The molecule has 0 amide bonds. The van der Waals surface area contributed by atoms with Crippen LogP contribution in [-0.2, 0) is 0 Å². The SMILES string of the molecule is CC1=NC(C2CCCCC2)CCCC1. The molecule has 1 fully saturated rings. The maximum atomic E-state index is 4.92. The number of nitrogens with zero attached hydrogens (tertiary/aromatic N) is 1. The van der Waals surface area contributed by atoms with Crippen molar-refractivity contribution >= 4 is 5.71 Å². The summed E-state index contributed by atoms with van der Waals surface area (Å²) in [7, 11) is 0. The van der Waals surface area contributed by atoms with Crippen molar-refractivity contribution in [3.8, 4) is 0 Å². The Bertz CT molecular complexity index is 201. The minimum Gasteiger partial charge on any atom is -0.291 e. The van der Waals surface area contributed by atoms with E-state index in [1.807, 2.05) is 0 Å². The van der Waals surface area contributed by atoms with Crippen LogP contribution in [0.4, 0.5) is 0 Å². The first kappa shape index (κ1) is 10.2. The fraction of sp³-hybridized carbons (Fsp3) is 0.923. The highest BCUT2D eigenvalue weighted by Gasteiger charge is 2.23. The van der Waals surface area contributed by atoms with Crippen molar-refractivity contribution in [1.82, 2.24) is 0 Å². The fourth-order valence-corrected chi connectivity index (χ4v) is 3.01. The topological polar surface area (TPSA) is 12.4 Å². The van der Waals surface area contributed by atoms with Gasteiger partial charge >= 0.3 is 0 Å². The maximum absolute atomic E-state index is 4.92. The predicted molar refractivity (Wildman–Crippen MR) is 61.9 cm³/mol. The summed E-state index contributed by atoms with van der Waals surface area (Å²) in [6.45, 7) is 2.22. The largest absolute Gasteiger partial charge is 0.291 e. The molecule has 0 saturated heterocycles. The van der Waals surface area contributed by atoms with Gasteiger partial charge in [-0.3, -0.25) is 4.99 Å². The van der Waals surface area contributed by atoms with Gasteiger partial charge < -0.3 is 0 Å². The van der Waals surface area contributed by atoms with Gasteiger partial charge in [-0.25, -0.2) is 0 Å². The first-order chi connectivity index (χ1) is 6.86. The average Bonchev–Trinajstić information content (AvgIpc) is 2.44. The molecule has 1 heteroatoms. The van der Waals surface area contributed by atoms with Gasteiger partial charge in [0.1, 0.15) is 0 Å². The molecule has 14 heavy (non-hydrogen) atoms. The standard InChI is InChI=1S/C13H23N/c1-11-7-5-6-10-13(14-11)12-8-3-2-4-9-12/h12-13H,2-10H2,1H3. The summed E-state index contributed by atoms with van der Waals surface area (Å²) in [5.41, 5.74) is 1.41. The zero-order valence-electron chi connectivity index (χ0n) is 9.47.